The number of piperazine rings is 1. The Balaban J connectivity index is 0.825. The lowest BCUT2D eigenvalue weighted by atomic mass is 10.0. The molecule has 1 unspecified atom stereocenters. The first-order valence-corrected chi connectivity index (χ1v) is 18.3. The van der Waals surface area contributed by atoms with Crippen LogP contribution in [0, 0.1) is 11.3 Å². The van der Waals surface area contributed by atoms with E-state index < -0.39 is 29.7 Å². The minimum atomic E-state index is -1.01. The average molecular weight is 745 g/mol. The number of nitrogens with zero attached hydrogens (tertiary/aromatic N) is 6. The van der Waals surface area contributed by atoms with Gasteiger partial charge in [0.2, 0.25) is 17.7 Å². The number of urea groups is 1. The number of ether oxygens (including phenoxy) is 2. The molecule has 7 rings (SSSR count). The highest BCUT2D eigenvalue weighted by Crippen LogP contribution is 2.33. The van der Waals surface area contributed by atoms with E-state index in [1.807, 2.05) is 30.0 Å². The summed E-state index contributed by atoms with van der Waals surface area (Å²) >= 11 is 0. The van der Waals surface area contributed by atoms with E-state index in [0.717, 1.165) is 35.2 Å². The summed E-state index contributed by atoms with van der Waals surface area (Å²) in [5.41, 5.74) is 3.13. The summed E-state index contributed by atoms with van der Waals surface area (Å²) in [6, 6.07) is 16.7. The normalized spacial score (nSPS) is 19.6. The molecule has 55 heavy (non-hydrogen) atoms. The topological polar surface area (TPSA) is 187 Å². The molecule has 282 valence electrons. The van der Waals surface area contributed by atoms with Crippen molar-refractivity contribution >= 4 is 51.9 Å². The van der Waals surface area contributed by atoms with Crippen molar-refractivity contribution in [3.05, 3.63) is 83.7 Å². The first kappa shape index (κ1) is 36.8. The van der Waals surface area contributed by atoms with Crippen LogP contribution in [0.2, 0.25) is 0 Å². The molecule has 3 atom stereocenters. The van der Waals surface area contributed by atoms with Crippen molar-refractivity contribution < 1.29 is 33.4 Å². The second kappa shape index (κ2) is 15.8. The van der Waals surface area contributed by atoms with E-state index in [4.69, 9.17) is 9.47 Å². The molecule has 6 amide bonds. The molecular weight excluding hydrogens is 704 g/mol. The standard InChI is InChI=1S/C40H40N8O7/c1-24-23-47(25(2)22-46(24)32-12-8-26(20-41)36-30(32)7-6-16-42-36)40(53)44-27-9-15-35(43-21-27)55-18-5-3-4-17-54-28-10-11-29-31(19-28)39(52)48(38(29)51)33-13-14-34(49)45-37(33)50/h6-12,15-16,19,21,24-25,33H,3-5,13-14,17-18,22-23H2,1-2H3,(H,44,53)(H,45,49,50)/t24-,25+,33?/m0/s1. The Hall–Kier alpha value is -6.56. The minimum absolute atomic E-state index is 0.0235. The zero-order valence-electron chi connectivity index (χ0n) is 30.5. The fourth-order valence-corrected chi connectivity index (χ4v) is 7.27. The fraction of sp³-hybridized carbons (Fsp3) is 0.350. The third-order valence-electron chi connectivity index (χ3n) is 10.1. The number of hydrogen-bond acceptors (Lipinski definition) is 11. The van der Waals surface area contributed by atoms with Crippen molar-refractivity contribution in [2.75, 3.05) is 36.5 Å². The molecule has 0 radical (unpaired) electrons. The molecular formula is C40H40N8O7. The molecule has 2 N–H and O–H groups in total. The lowest BCUT2D eigenvalue weighted by Gasteiger charge is -2.45. The number of nitrogens with one attached hydrogen (secondary N) is 2. The van der Waals surface area contributed by atoms with E-state index in [9.17, 15) is 29.2 Å². The predicted octanol–water partition coefficient (Wildman–Crippen LogP) is 4.66. The number of carbonyl (C=O) groups is 5. The highest BCUT2D eigenvalue weighted by atomic mass is 16.5. The molecule has 2 aromatic heterocycles. The molecule has 15 nitrogen and oxygen atoms in total. The number of pyridine rings is 2. The molecule has 5 heterocycles. The Morgan fingerprint density at radius 2 is 1.73 bits per heavy atom. The Labute approximate surface area is 317 Å². The summed E-state index contributed by atoms with van der Waals surface area (Å²) in [6.07, 6.45) is 5.70. The summed E-state index contributed by atoms with van der Waals surface area (Å²) in [7, 11) is 0. The van der Waals surface area contributed by atoms with Crippen LogP contribution in [-0.2, 0) is 9.59 Å². The number of imide groups is 2. The van der Waals surface area contributed by atoms with Crippen LogP contribution in [0.3, 0.4) is 0 Å². The van der Waals surface area contributed by atoms with Crippen LogP contribution in [0.4, 0.5) is 16.2 Å². The predicted molar refractivity (Wildman–Crippen MR) is 201 cm³/mol. The molecule has 3 aliphatic rings. The van der Waals surface area contributed by atoms with Crippen molar-refractivity contribution in [1.29, 1.82) is 5.26 Å². The SMILES string of the molecule is C[C@@H]1CN(c2ccc(C#N)c3ncccc23)[C@@H](C)CN1C(=O)Nc1ccc(OCCCCCOc2ccc3c(c2)C(=O)N(C2CCC(=O)NC2=O)C3=O)nc1. The van der Waals surface area contributed by atoms with Gasteiger partial charge in [-0.1, -0.05) is 0 Å². The first-order valence-electron chi connectivity index (χ1n) is 18.3. The van der Waals surface area contributed by atoms with Crippen LogP contribution in [0.1, 0.15) is 72.2 Å². The molecule has 0 saturated carbocycles. The highest BCUT2D eigenvalue weighted by Gasteiger charge is 2.44. The fourth-order valence-electron chi connectivity index (χ4n) is 7.27. The van der Waals surface area contributed by atoms with Crippen molar-refractivity contribution in [2.45, 2.75) is 64.1 Å². The molecule has 2 fully saturated rings. The zero-order valence-corrected chi connectivity index (χ0v) is 30.5. The number of amides is 6. The van der Waals surface area contributed by atoms with Crippen LogP contribution in [-0.4, -0.2) is 93.9 Å². The number of fused-ring (bicyclic) bond motifs is 2. The van der Waals surface area contributed by atoms with Crippen LogP contribution in [0.25, 0.3) is 10.9 Å². The van der Waals surface area contributed by atoms with Gasteiger partial charge in [-0.3, -0.25) is 34.4 Å². The maximum Gasteiger partial charge on any atom is 0.322 e. The lowest BCUT2D eigenvalue weighted by molar-refractivity contribution is -0.136. The van der Waals surface area contributed by atoms with E-state index in [2.05, 4.69) is 38.5 Å². The number of aromatic nitrogens is 2. The quantitative estimate of drug-likeness (QED) is 0.161. The number of nitriles is 1. The van der Waals surface area contributed by atoms with Crippen LogP contribution in [0.5, 0.6) is 11.6 Å². The van der Waals surface area contributed by atoms with Crippen molar-refractivity contribution in [3.63, 3.8) is 0 Å². The smallest absolute Gasteiger partial charge is 0.322 e. The molecule has 2 aromatic carbocycles. The Bertz CT molecular complexity index is 2200. The number of rotatable bonds is 11. The highest BCUT2D eigenvalue weighted by molar-refractivity contribution is 6.23. The number of piperidine rings is 1. The molecule has 0 spiro atoms. The van der Waals surface area contributed by atoms with Gasteiger partial charge >= 0.3 is 6.03 Å². The third-order valence-corrected chi connectivity index (χ3v) is 10.1. The second-order valence-corrected chi connectivity index (χ2v) is 13.9. The average Bonchev–Trinajstić information content (AvgIpc) is 3.43. The van der Waals surface area contributed by atoms with Crippen LogP contribution in [0.15, 0.2) is 67.0 Å². The summed E-state index contributed by atoms with van der Waals surface area (Å²) in [5.74, 6) is -1.32. The van der Waals surface area contributed by atoms with Gasteiger partial charge < -0.3 is 24.6 Å². The van der Waals surface area contributed by atoms with E-state index in [1.54, 1.807) is 36.7 Å². The van der Waals surface area contributed by atoms with Gasteiger partial charge in [-0.2, -0.15) is 5.26 Å². The number of anilines is 2. The molecule has 0 bridgehead atoms. The van der Waals surface area contributed by atoms with Gasteiger partial charge in [0.15, 0.2) is 0 Å². The molecule has 2 saturated heterocycles. The Morgan fingerprint density at radius 3 is 2.49 bits per heavy atom. The van der Waals surface area contributed by atoms with Gasteiger partial charge in [-0.05, 0) is 88.1 Å². The molecule has 4 aromatic rings. The van der Waals surface area contributed by atoms with Gasteiger partial charge in [0.1, 0.15) is 17.9 Å². The number of benzene rings is 2. The summed E-state index contributed by atoms with van der Waals surface area (Å²) in [5, 5.41) is 15.6. The number of hydrogen-bond donors (Lipinski definition) is 2. The zero-order chi connectivity index (χ0) is 38.6. The van der Waals surface area contributed by atoms with Crippen LogP contribution >= 0.6 is 0 Å². The largest absolute Gasteiger partial charge is 0.494 e. The van der Waals surface area contributed by atoms with E-state index in [-0.39, 0.29) is 42.1 Å². The monoisotopic (exact) mass is 744 g/mol. The Morgan fingerprint density at radius 1 is 0.927 bits per heavy atom. The summed E-state index contributed by atoms with van der Waals surface area (Å²) in [6.45, 7) is 6.05. The molecule has 3 aliphatic heterocycles. The van der Waals surface area contributed by atoms with Crippen molar-refractivity contribution in [2.24, 2.45) is 0 Å². The summed E-state index contributed by atoms with van der Waals surface area (Å²) < 4.78 is 11.6. The van der Waals surface area contributed by atoms with Gasteiger partial charge in [-0.25, -0.2) is 9.78 Å². The van der Waals surface area contributed by atoms with Crippen molar-refractivity contribution in [3.8, 4) is 17.7 Å². The summed E-state index contributed by atoms with van der Waals surface area (Å²) in [4.78, 5) is 76.9. The maximum absolute atomic E-state index is 13.3. The number of carbonyl (C=O) groups excluding carboxylic acids is 5. The van der Waals surface area contributed by atoms with Crippen molar-refractivity contribution in [1.82, 2.24) is 25.1 Å². The number of unbranched alkanes of at least 4 members (excludes halogenated alkanes) is 2. The van der Waals surface area contributed by atoms with E-state index in [1.165, 1.54) is 12.1 Å². The van der Waals surface area contributed by atoms with Gasteiger partial charge in [-0.15, -0.1) is 0 Å². The molecule has 0 aliphatic carbocycles. The Kier molecular flexibility index (Phi) is 10.6. The minimum Gasteiger partial charge on any atom is -0.494 e. The third kappa shape index (κ3) is 7.61. The lowest BCUT2D eigenvalue weighted by Crippen LogP contribution is -2.59. The van der Waals surface area contributed by atoms with Gasteiger partial charge in [0, 0.05) is 54.9 Å². The van der Waals surface area contributed by atoms with Gasteiger partial charge in [0.05, 0.1) is 47.3 Å². The first-order chi connectivity index (χ1) is 26.6. The van der Waals surface area contributed by atoms with E-state index >= 15 is 0 Å². The molecule has 15 heteroatoms. The maximum atomic E-state index is 13.3. The second-order valence-electron chi connectivity index (χ2n) is 13.9. The van der Waals surface area contributed by atoms with Crippen LogP contribution < -0.4 is 25.0 Å². The van der Waals surface area contributed by atoms with Gasteiger partial charge in [0.25, 0.3) is 11.8 Å². The van der Waals surface area contributed by atoms with E-state index in [0.29, 0.717) is 54.7 Å².